The normalized spacial score (nSPS) is 11.5. The Labute approximate surface area is 100 Å². The highest BCUT2D eigenvalue weighted by atomic mass is 32.1. The summed E-state index contributed by atoms with van der Waals surface area (Å²) in [5.74, 6) is 0.117. The fraction of sp³-hybridized carbons (Fsp3) is 0.636. The van der Waals surface area contributed by atoms with E-state index in [9.17, 15) is 4.79 Å². The molecule has 1 aromatic heterocycles. The van der Waals surface area contributed by atoms with Crippen LogP contribution in [0.1, 0.15) is 32.4 Å². The second-order valence-electron chi connectivity index (χ2n) is 4.72. The zero-order valence-corrected chi connectivity index (χ0v) is 10.9. The molecule has 16 heavy (non-hydrogen) atoms. The van der Waals surface area contributed by atoms with Crippen LogP contribution in [0.2, 0.25) is 0 Å². The van der Waals surface area contributed by atoms with E-state index in [1.165, 1.54) is 0 Å². The largest absolute Gasteiger partial charge is 0.340 e. The minimum absolute atomic E-state index is 0.117. The van der Waals surface area contributed by atoms with Crippen LogP contribution in [0.4, 0.5) is 0 Å². The maximum atomic E-state index is 11.8. The minimum Gasteiger partial charge on any atom is -0.340 e. The zero-order chi connectivity index (χ0) is 12.2. The van der Waals surface area contributed by atoms with Crippen molar-refractivity contribution in [2.24, 2.45) is 5.73 Å². The second kappa shape index (κ2) is 5.41. The summed E-state index contributed by atoms with van der Waals surface area (Å²) < 4.78 is 0. The highest BCUT2D eigenvalue weighted by molar-refractivity contribution is 7.07. The summed E-state index contributed by atoms with van der Waals surface area (Å²) in [6, 6.07) is 0. The number of hydrogen-bond acceptors (Lipinski definition) is 4. The highest BCUT2D eigenvalue weighted by Crippen LogP contribution is 2.10. The van der Waals surface area contributed by atoms with Gasteiger partial charge in [-0.25, -0.2) is 4.98 Å². The first-order chi connectivity index (χ1) is 7.38. The molecule has 1 aromatic rings. The maximum Gasteiger partial charge on any atom is 0.222 e. The Morgan fingerprint density at radius 1 is 1.62 bits per heavy atom. The Kier molecular flexibility index (Phi) is 4.44. The Hall–Kier alpha value is -0.940. The van der Waals surface area contributed by atoms with Crippen LogP contribution in [0.5, 0.6) is 0 Å². The molecule has 1 heterocycles. The van der Waals surface area contributed by atoms with Gasteiger partial charge in [-0.15, -0.1) is 11.3 Å². The molecular formula is C11H19N3OS. The predicted octanol–water partition coefficient (Wildman–Crippen LogP) is 1.62. The lowest BCUT2D eigenvalue weighted by Crippen LogP contribution is -2.34. The van der Waals surface area contributed by atoms with Crippen molar-refractivity contribution in [2.75, 3.05) is 7.05 Å². The third-order valence-corrected chi connectivity index (χ3v) is 2.93. The van der Waals surface area contributed by atoms with E-state index in [-0.39, 0.29) is 11.4 Å². The van der Waals surface area contributed by atoms with E-state index >= 15 is 0 Å². The number of nitrogens with two attached hydrogens (primary N) is 1. The number of aromatic nitrogens is 1. The van der Waals surface area contributed by atoms with Gasteiger partial charge in [0.2, 0.25) is 5.91 Å². The third-order valence-electron chi connectivity index (χ3n) is 2.29. The minimum atomic E-state index is -0.281. The van der Waals surface area contributed by atoms with Gasteiger partial charge in [0.15, 0.2) is 0 Å². The number of nitrogens with zero attached hydrogens (tertiary/aromatic N) is 2. The van der Waals surface area contributed by atoms with Gasteiger partial charge in [0.1, 0.15) is 0 Å². The summed E-state index contributed by atoms with van der Waals surface area (Å²) in [6.07, 6.45) is 1.19. The second-order valence-corrected chi connectivity index (χ2v) is 5.44. The maximum absolute atomic E-state index is 11.8. The molecule has 0 saturated heterocycles. The van der Waals surface area contributed by atoms with Crippen molar-refractivity contribution >= 4 is 17.2 Å². The van der Waals surface area contributed by atoms with Crippen LogP contribution < -0.4 is 5.73 Å². The molecule has 0 bridgehead atoms. The topological polar surface area (TPSA) is 59.2 Å². The summed E-state index contributed by atoms with van der Waals surface area (Å²) in [5.41, 5.74) is 8.27. The molecule has 2 N–H and O–H groups in total. The Morgan fingerprint density at radius 3 is 2.81 bits per heavy atom. The SMILES string of the molecule is CN(Cc1cscn1)C(=O)CCC(C)(C)N. The lowest BCUT2D eigenvalue weighted by Gasteiger charge is -2.21. The van der Waals surface area contributed by atoms with Gasteiger partial charge in [-0.2, -0.15) is 0 Å². The summed E-state index contributed by atoms with van der Waals surface area (Å²) in [7, 11) is 1.80. The molecule has 0 aliphatic carbocycles. The lowest BCUT2D eigenvalue weighted by molar-refractivity contribution is -0.130. The smallest absolute Gasteiger partial charge is 0.222 e. The fourth-order valence-corrected chi connectivity index (χ4v) is 1.82. The third kappa shape index (κ3) is 4.72. The molecular weight excluding hydrogens is 222 g/mol. The molecule has 1 amide bonds. The van der Waals surface area contributed by atoms with Gasteiger partial charge in [0.05, 0.1) is 17.7 Å². The van der Waals surface area contributed by atoms with E-state index in [0.29, 0.717) is 19.4 Å². The van der Waals surface area contributed by atoms with Crippen molar-refractivity contribution in [3.63, 3.8) is 0 Å². The fourth-order valence-electron chi connectivity index (χ4n) is 1.27. The number of amides is 1. The molecule has 0 unspecified atom stereocenters. The van der Waals surface area contributed by atoms with Crippen molar-refractivity contribution in [3.8, 4) is 0 Å². The van der Waals surface area contributed by atoms with Gasteiger partial charge in [-0.1, -0.05) is 0 Å². The number of carbonyl (C=O) groups excluding carboxylic acids is 1. The Balaban J connectivity index is 2.37. The van der Waals surface area contributed by atoms with Gasteiger partial charge in [0.25, 0.3) is 0 Å². The number of hydrogen-bond donors (Lipinski definition) is 1. The van der Waals surface area contributed by atoms with E-state index in [1.807, 2.05) is 19.2 Å². The van der Waals surface area contributed by atoms with E-state index in [0.717, 1.165) is 5.69 Å². The zero-order valence-electron chi connectivity index (χ0n) is 10.1. The molecule has 0 spiro atoms. The van der Waals surface area contributed by atoms with Crippen LogP contribution in [0.15, 0.2) is 10.9 Å². The van der Waals surface area contributed by atoms with Gasteiger partial charge < -0.3 is 10.6 Å². The molecule has 0 aromatic carbocycles. The van der Waals surface area contributed by atoms with E-state index in [4.69, 9.17) is 5.73 Å². The van der Waals surface area contributed by atoms with Gasteiger partial charge in [-0.3, -0.25) is 4.79 Å². The van der Waals surface area contributed by atoms with Crippen LogP contribution in [0.3, 0.4) is 0 Å². The van der Waals surface area contributed by atoms with Crippen LogP contribution >= 0.6 is 11.3 Å². The van der Waals surface area contributed by atoms with Crippen LogP contribution in [0, 0.1) is 0 Å². The molecule has 1 rings (SSSR count). The summed E-state index contributed by atoms with van der Waals surface area (Å²) in [4.78, 5) is 17.6. The van der Waals surface area contributed by atoms with Crippen molar-refractivity contribution < 1.29 is 4.79 Å². The number of thiazole rings is 1. The van der Waals surface area contributed by atoms with E-state index in [1.54, 1.807) is 28.8 Å². The molecule has 5 heteroatoms. The molecule has 0 saturated carbocycles. The first-order valence-electron chi connectivity index (χ1n) is 5.28. The molecule has 0 radical (unpaired) electrons. The van der Waals surface area contributed by atoms with Gasteiger partial charge in [-0.05, 0) is 20.3 Å². The summed E-state index contributed by atoms with van der Waals surface area (Å²) >= 11 is 1.54. The molecule has 0 aliphatic rings. The highest BCUT2D eigenvalue weighted by Gasteiger charge is 2.16. The first-order valence-corrected chi connectivity index (χ1v) is 6.23. The van der Waals surface area contributed by atoms with Crippen molar-refractivity contribution in [3.05, 3.63) is 16.6 Å². The van der Waals surface area contributed by atoms with Gasteiger partial charge in [0, 0.05) is 24.4 Å². The number of carbonyl (C=O) groups is 1. The lowest BCUT2D eigenvalue weighted by atomic mass is 10.00. The summed E-state index contributed by atoms with van der Waals surface area (Å²) in [5, 5.41) is 1.96. The first kappa shape index (κ1) is 13.1. The average molecular weight is 241 g/mol. The average Bonchev–Trinajstić information content (AvgIpc) is 2.65. The molecule has 0 aliphatic heterocycles. The predicted molar refractivity (Wildman–Crippen MR) is 66.1 cm³/mol. The quantitative estimate of drug-likeness (QED) is 0.852. The van der Waals surface area contributed by atoms with Crippen LogP contribution in [-0.2, 0) is 11.3 Å². The number of rotatable bonds is 5. The van der Waals surface area contributed by atoms with E-state index in [2.05, 4.69) is 4.98 Å². The van der Waals surface area contributed by atoms with E-state index < -0.39 is 0 Å². The molecule has 0 atom stereocenters. The van der Waals surface area contributed by atoms with Gasteiger partial charge >= 0.3 is 0 Å². The standard InChI is InChI=1S/C11H19N3OS/c1-11(2,12)5-4-10(15)14(3)6-9-7-16-8-13-9/h7-8H,4-6,12H2,1-3H3. The van der Waals surface area contributed by atoms with Crippen LogP contribution in [-0.4, -0.2) is 28.4 Å². The molecule has 4 nitrogen and oxygen atoms in total. The van der Waals surface area contributed by atoms with Crippen molar-refractivity contribution in [1.82, 2.24) is 9.88 Å². The Bertz CT molecular complexity index is 329. The molecule has 0 fully saturated rings. The summed E-state index contributed by atoms with van der Waals surface area (Å²) in [6.45, 7) is 4.44. The van der Waals surface area contributed by atoms with Crippen molar-refractivity contribution in [2.45, 2.75) is 38.8 Å². The molecule has 90 valence electrons. The van der Waals surface area contributed by atoms with Crippen molar-refractivity contribution in [1.29, 1.82) is 0 Å². The monoisotopic (exact) mass is 241 g/mol. The Morgan fingerprint density at radius 2 is 2.31 bits per heavy atom. The van der Waals surface area contributed by atoms with Crippen LogP contribution in [0.25, 0.3) is 0 Å².